The zero-order valence-corrected chi connectivity index (χ0v) is 25.4. The number of esters is 1. The van der Waals surface area contributed by atoms with Gasteiger partial charge in [0, 0.05) is 12.0 Å². The molecule has 218 valence electrons. The van der Waals surface area contributed by atoms with Gasteiger partial charge in [-0.05, 0) is 90.1 Å². The van der Waals surface area contributed by atoms with Crippen molar-refractivity contribution in [1.82, 2.24) is 9.80 Å². The number of likely N-dealkylation sites (tertiary alicyclic amines) is 1. The molecule has 1 aliphatic carbocycles. The quantitative estimate of drug-likeness (QED) is 0.356. The highest BCUT2D eigenvalue weighted by molar-refractivity contribution is 6.32. The number of halogens is 1. The summed E-state index contributed by atoms with van der Waals surface area (Å²) in [5.74, 6) is 0.613. The third-order valence-corrected chi connectivity index (χ3v) is 8.74. The third-order valence-electron chi connectivity index (χ3n) is 8.31. The standard InChI is InChI=1S/C32H43ClN2O5/c1-31(2,3)40-30(37)35-21-25(20-26(35)29(36)38-6)39-27-14-10-11-23(28(27)33)19-22-15-17-32(18-16-22,34(4)5)24-12-8-7-9-13-24/h7-14,22,25-26H,15-21H2,1-6H3/t22-,25-,26-,32-/m0/s1. The Morgan fingerprint density at radius 1 is 1.05 bits per heavy atom. The van der Waals surface area contributed by atoms with Crippen molar-refractivity contribution in [3.05, 3.63) is 64.7 Å². The smallest absolute Gasteiger partial charge is 0.411 e. The van der Waals surface area contributed by atoms with E-state index in [2.05, 4.69) is 55.4 Å². The summed E-state index contributed by atoms with van der Waals surface area (Å²) in [6, 6.07) is 15.9. The highest BCUT2D eigenvalue weighted by Gasteiger charge is 2.44. The van der Waals surface area contributed by atoms with E-state index in [9.17, 15) is 9.59 Å². The van der Waals surface area contributed by atoms with Crippen molar-refractivity contribution in [3.63, 3.8) is 0 Å². The van der Waals surface area contributed by atoms with Crippen LogP contribution in [0.15, 0.2) is 48.5 Å². The second-order valence-corrected chi connectivity index (χ2v) is 12.7. The van der Waals surface area contributed by atoms with Crippen LogP contribution in [0.5, 0.6) is 5.75 Å². The van der Waals surface area contributed by atoms with Gasteiger partial charge >= 0.3 is 12.1 Å². The van der Waals surface area contributed by atoms with Crippen LogP contribution >= 0.6 is 11.6 Å². The van der Waals surface area contributed by atoms with Crippen LogP contribution in [0.4, 0.5) is 4.79 Å². The molecule has 0 bridgehead atoms. The van der Waals surface area contributed by atoms with Gasteiger partial charge in [-0.15, -0.1) is 0 Å². The third kappa shape index (κ3) is 6.74. The number of hydrogen-bond acceptors (Lipinski definition) is 6. The van der Waals surface area contributed by atoms with Gasteiger partial charge in [0.1, 0.15) is 23.5 Å². The molecule has 2 fully saturated rings. The fourth-order valence-corrected chi connectivity index (χ4v) is 6.41. The van der Waals surface area contributed by atoms with Crippen molar-refractivity contribution in [3.8, 4) is 5.75 Å². The first kappa shape index (κ1) is 30.2. The van der Waals surface area contributed by atoms with Crippen LogP contribution in [0.25, 0.3) is 0 Å². The van der Waals surface area contributed by atoms with Gasteiger partial charge in [0.05, 0.1) is 18.7 Å². The van der Waals surface area contributed by atoms with E-state index in [-0.39, 0.29) is 12.1 Å². The maximum absolute atomic E-state index is 12.8. The van der Waals surface area contributed by atoms with Gasteiger partial charge in [0.25, 0.3) is 0 Å². The molecule has 1 amide bonds. The lowest BCUT2D eigenvalue weighted by Gasteiger charge is -2.45. The summed E-state index contributed by atoms with van der Waals surface area (Å²) in [4.78, 5) is 29.1. The summed E-state index contributed by atoms with van der Waals surface area (Å²) in [6.45, 7) is 5.59. The molecule has 0 aromatic heterocycles. The van der Waals surface area contributed by atoms with Gasteiger partial charge in [-0.25, -0.2) is 9.59 Å². The van der Waals surface area contributed by atoms with Crippen LogP contribution in [0.3, 0.4) is 0 Å². The van der Waals surface area contributed by atoms with Crippen molar-refractivity contribution in [1.29, 1.82) is 0 Å². The van der Waals surface area contributed by atoms with Gasteiger partial charge in [-0.2, -0.15) is 0 Å². The van der Waals surface area contributed by atoms with Gasteiger partial charge in [-0.1, -0.05) is 54.1 Å². The first-order chi connectivity index (χ1) is 18.9. The molecule has 2 aliphatic rings. The van der Waals surface area contributed by atoms with E-state index in [1.807, 2.05) is 12.1 Å². The predicted octanol–water partition coefficient (Wildman–Crippen LogP) is 6.46. The van der Waals surface area contributed by atoms with Crippen molar-refractivity contribution >= 4 is 23.7 Å². The summed E-state index contributed by atoms with van der Waals surface area (Å²) in [7, 11) is 5.68. The Morgan fingerprint density at radius 2 is 1.73 bits per heavy atom. The number of ether oxygens (including phenoxy) is 3. The van der Waals surface area contributed by atoms with Crippen LogP contribution in [0.2, 0.25) is 5.02 Å². The Hall–Kier alpha value is -2.77. The van der Waals surface area contributed by atoms with Crippen molar-refractivity contribution in [2.75, 3.05) is 27.7 Å². The van der Waals surface area contributed by atoms with E-state index in [0.717, 1.165) is 37.7 Å². The number of hydrogen-bond donors (Lipinski definition) is 0. The molecule has 2 aromatic carbocycles. The number of carbonyl (C=O) groups excluding carboxylic acids is 2. The number of amides is 1. The summed E-state index contributed by atoms with van der Waals surface area (Å²) in [5.41, 5.74) is 1.83. The summed E-state index contributed by atoms with van der Waals surface area (Å²) < 4.78 is 16.8. The lowest BCUT2D eigenvalue weighted by Crippen LogP contribution is -2.44. The Balaban J connectivity index is 1.42. The van der Waals surface area contributed by atoms with Crippen molar-refractivity contribution in [2.45, 2.75) is 82.6 Å². The molecule has 1 heterocycles. The fraction of sp³-hybridized carbons (Fsp3) is 0.562. The lowest BCUT2D eigenvalue weighted by atomic mass is 9.70. The van der Waals surface area contributed by atoms with E-state index in [1.165, 1.54) is 17.6 Å². The zero-order chi connectivity index (χ0) is 29.1. The zero-order valence-electron chi connectivity index (χ0n) is 24.6. The first-order valence-corrected chi connectivity index (χ1v) is 14.6. The minimum absolute atomic E-state index is 0.0607. The van der Waals surface area contributed by atoms with Gasteiger partial charge < -0.3 is 14.2 Å². The number of rotatable bonds is 7. The van der Waals surface area contributed by atoms with Crippen LogP contribution in [0.1, 0.15) is 64.0 Å². The molecule has 8 heteroatoms. The number of methoxy groups -OCH3 is 1. The van der Waals surface area contributed by atoms with E-state index in [1.54, 1.807) is 20.8 Å². The molecule has 1 aliphatic heterocycles. The van der Waals surface area contributed by atoms with Gasteiger partial charge in [-0.3, -0.25) is 9.80 Å². The monoisotopic (exact) mass is 570 g/mol. The Bertz CT molecular complexity index is 1170. The van der Waals surface area contributed by atoms with E-state index in [0.29, 0.717) is 23.1 Å². The molecule has 0 unspecified atom stereocenters. The normalized spacial score (nSPS) is 25.1. The molecule has 2 atom stereocenters. The largest absolute Gasteiger partial charge is 0.487 e. The molecule has 0 N–H and O–H groups in total. The topological polar surface area (TPSA) is 68.3 Å². The van der Waals surface area contributed by atoms with Crippen LogP contribution in [-0.4, -0.2) is 67.4 Å². The number of benzene rings is 2. The molecular weight excluding hydrogens is 528 g/mol. The van der Waals surface area contributed by atoms with E-state index in [4.69, 9.17) is 25.8 Å². The molecule has 1 saturated carbocycles. The van der Waals surface area contributed by atoms with Crippen LogP contribution in [0, 0.1) is 5.92 Å². The number of nitrogens with zero attached hydrogens (tertiary/aromatic N) is 2. The highest BCUT2D eigenvalue weighted by Crippen LogP contribution is 2.44. The SMILES string of the molecule is COC(=O)[C@@H]1C[C@H](Oc2cccc(C[C@H]3CC[C@](c4ccccc4)(N(C)C)CC3)c2Cl)CN1C(=O)OC(C)(C)C. The minimum Gasteiger partial charge on any atom is -0.487 e. The minimum atomic E-state index is -0.768. The number of carbonyl (C=O) groups is 2. The first-order valence-electron chi connectivity index (χ1n) is 14.2. The summed E-state index contributed by atoms with van der Waals surface area (Å²) in [6.07, 6.45) is 4.64. The Kier molecular flexibility index (Phi) is 9.36. The summed E-state index contributed by atoms with van der Waals surface area (Å²) in [5, 5.41) is 0.598. The lowest BCUT2D eigenvalue weighted by molar-refractivity contribution is -0.145. The molecule has 7 nitrogen and oxygen atoms in total. The Labute approximate surface area is 243 Å². The molecule has 1 saturated heterocycles. The maximum atomic E-state index is 12.8. The van der Waals surface area contributed by atoms with Crippen molar-refractivity contribution < 1.29 is 23.8 Å². The molecular formula is C32H43ClN2O5. The van der Waals surface area contributed by atoms with E-state index < -0.39 is 29.8 Å². The van der Waals surface area contributed by atoms with Crippen LogP contribution in [-0.2, 0) is 26.2 Å². The fourth-order valence-electron chi connectivity index (χ4n) is 6.16. The second-order valence-electron chi connectivity index (χ2n) is 12.3. The molecule has 4 rings (SSSR count). The second kappa shape index (κ2) is 12.4. The molecule has 0 radical (unpaired) electrons. The molecule has 2 aromatic rings. The molecule has 0 spiro atoms. The predicted molar refractivity (Wildman–Crippen MR) is 157 cm³/mol. The Morgan fingerprint density at radius 3 is 2.33 bits per heavy atom. The molecule has 40 heavy (non-hydrogen) atoms. The van der Waals surface area contributed by atoms with Crippen molar-refractivity contribution in [2.24, 2.45) is 5.92 Å². The van der Waals surface area contributed by atoms with Gasteiger partial charge in [0.2, 0.25) is 0 Å². The highest BCUT2D eigenvalue weighted by atomic mass is 35.5. The average molecular weight is 571 g/mol. The summed E-state index contributed by atoms with van der Waals surface area (Å²) >= 11 is 6.89. The van der Waals surface area contributed by atoms with E-state index >= 15 is 0 Å². The maximum Gasteiger partial charge on any atom is 0.411 e. The van der Waals surface area contributed by atoms with Gasteiger partial charge in [0.15, 0.2) is 0 Å². The van der Waals surface area contributed by atoms with Crippen LogP contribution < -0.4 is 4.74 Å². The average Bonchev–Trinajstić information content (AvgIpc) is 3.34.